The van der Waals surface area contributed by atoms with Crippen molar-refractivity contribution < 1.29 is 27.5 Å². The summed E-state index contributed by atoms with van der Waals surface area (Å²) in [5, 5.41) is 2.71. The number of esters is 1. The quantitative estimate of drug-likeness (QED) is 0.607. The van der Waals surface area contributed by atoms with E-state index in [1.807, 2.05) is 0 Å². The minimum atomic E-state index is -3.35. The fourth-order valence-electron chi connectivity index (χ4n) is 2.97. The van der Waals surface area contributed by atoms with Crippen molar-refractivity contribution in [3.63, 3.8) is 0 Å². The molecule has 0 atom stereocenters. The lowest BCUT2D eigenvalue weighted by Crippen LogP contribution is -2.25. The highest BCUT2D eigenvalue weighted by Crippen LogP contribution is 2.33. The second-order valence-corrected chi connectivity index (χ2v) is 8.18. The predicted octanol–water partition coefficient (Wildman–Crippen LogP) is 2.41. The zero-order valence-corrected chi connectivity index (χ0v) is 16.3. The maximum Gasteiger partial charge on any atom is 0.308 e. The van der Waals surface area contributed by atoms with Crippen LogP contribution in [-0.2, 0) is 14.8 Å². The number of rotatable bonds is 5. The molecule has 1 heterocycles. The molecule has 1 aliphatic rings. The minimum absolute atomic E-state index is 0.0937. The van der Waals surface area contributed by atoms with Crippen LogP contribution >= 0.6 is 0 Å². The van der Waals surface area contributed by atoms with E-state index in [1.165, 1.54) is 30.5 Å². The average Bonchev–Trinajstić information content (AvgIpc) is 3.00. The van der Waals surface area contributed by atoms with E-state index in [9.17, 15) is 18.0 Å². The third-order valence-electron chi connectivity index (χ3n) is 4.20. The Morgan fingerprint density at radius 3 is 2.50 bits per heavy atom. The summed E-state index contributed by atoms with van der Waals surface area (Å²) in [6, 6.07) is 11.1. The molecule has 0 aliphatic carbocycles. The third-order valence-corrected chi connectivity index (χ3v) is 6.07. The lowest BCUT2D eigenvalue weighted by molar-refractivity contribution is -0.131. The van der Waals surface area contributed by atoms with Gasteiger partial charge >= 0.3 is 5.97 Å². The Hall–Kier alpha value is -3.07. The highest BCUT2D eigenvalue weighted by Gasteiger charge is 2.29. The van der Waals surface area contributed by atoms with Gasteiger partial charge in [-0.25, -0.2) is 8.42 Å². The molecule has 2 aromatic carbocycles. The van der Waals surface area contributed by atoms with Crippen LogP contribution < -0.4 is 19.1 Å². The lowest BCUT2D eigenvalue weighted by Gasteiger charge is -2.19. The summed E-state index contributed by atoms with van der Waals surface area (Å²) < 4.78 is 36.0. The molecule has 9 heteroatoms. The molecule has 1 N–H and O–H groups in total. The molecule has 8 nitrogen and oxygen atoms in total. The zero-order chi connectivity index (χ0) is 20.3. The van der Waals surface area contributed by atoms with Crippen LogP contribution in [0.2, 0.25) is 0 Å². The largest absolute Gasteiger partial charge is 0.495 e. The maximum atomic E-state index is 12.8. The molecule has 0 saturated carbocycles. The first-order valence-electron chi connectivity index (χ1n) is 8.59. The number of carbonyl (C=O) groups is 2. The molecule has 1 fully saturated rings. The number of nitrogens with zero attached hydrogens (tertiary/aromatic N) is 1. The summed E-state index contributed by atoms with van der Waals surface area (Å²) in [5.74, 6) is -0.463. The summed E-state index contributed by atoms with van der Waals surface area (Å²) in [4.78, 5) is 24.0. The minimum Gasteiger partial charge on any atom is -0.495 e. The van der Waals surface area contributed by atoms with Crippen LogP contribution in [-0.4, -0.2) is 39.7 Å². The van der Waals surface area contributed by atoms with Crippen molar-refractivity contribution in [2.75, 3.05) is 29.0 Å². The molecule has 0 spiro atoms. The van der Waals surface area contributed by atoms with Crippen molar-refractivity contribution in [1.82, 2.24) is 0 Å². The fraction of sp³-hybridized carbons (Fsp3) is 0.263. The van der Waals surface area contributed by atoms with Crippen molar-refractivity contribution in [3.05, 3.63) is 48.0 Å². The second-order valence-electron chi connectivity index (χ2n) is 6.17. The molecule has 0 unspecified atom stereocenters. The highest BCUT2D eigenvalue weighted by atomic mass is 32.2. The average molecular weight is 404 g/mol. The van der Waals surface area contributed by atoms with Crippen LogP contribution in [0, 0.1) is 0 Å². The van der Waals surface area contributed by atoms with Gasteiger partial charge in [0.1, 0.15) is 11.5 Å². The summed E-state index contributed by atoms with van der Waals surface area (Å²) >= 11 is 0. The topological polar surface area (TPSA) is 102 Å². The summed E-state index contributed by atoms with van der Waals surface area (Å²) in [5.41, 5.74) is 0.922. The van der Waals surface area contributed by atoms with Crippen molar-refractivity contribution in [3.8, 4) is 11.5 Å². The van der Waals surface area contributed by atoms with Crippen LogP contribution in [0.25, 0.3) is 0 Å². The van der Waals surface area contributed by atoms with Gasteiger partial charge in [0.2, 0.25) is 10.0 Å². The molecule has 1 saturated heterocycles. The van der Waals surface area contributed by atoms with Gasteiger partial charge in [0.15, 0.2) is 0 Å². The zero-order valence-electron chi connectivity index (χ0n) is 15.5. The summed E-state index contributed by atoms with van der Waals surface area (Å²) in [7, 11) is -1.91. The Morgan fingerprint density at radius 2 is 1.86 bits per heavy atom. The molecule has 3 rings (SSSR count). The number of para-hydroxylation sites is 1. The molecule has 1 aliphatic heterocycles. The Bertz CT molecular complexity index is 1020. The number of sulfonamides is 1. The van der Waals surface area contributed by atoms with E-state index in [4.69, 9.17) is 9.47 Å². The van der Waals surface area contributed by atoms with Crippen LogP contribution in [0.15, 0.2) is 42.5 Å². The van der Waals surface area contributed by atoms with Crippen LogP contribution in [0.4, 0.5) is 11.4 Å². The normalized spacial score (nSPS) is 15.1. The molecule has 28 heavy (non-hydrogen) atoms. The lowest BCUT2D eigenvalue weighted by atomic mass is 10.1. The molecular weight excluding hydrogens is 384 g/mol. The van der Waals surface area contributed by atoms with Gasteiger partial charge < -0.3 is 14.8 Å². The first kappa shape index (κ1) is 19.7. The maximum absolute atomic E-state index is 12.8. The summed E-state index contributed by atoms with van der Waals surface area (Å²) in [6.07, 6.45) is 0.547. The van der Waals surface area contributed by atoms with Crippen molar-refractivity contribution in [2.24, 2.45) is 0 Å². The number of anilines is 2. The molecule has 148 valence electrons. The Labute approximate surface area is 163 Å². The Balaban J connectivity index is 1.92. The highest BCUT2D eigenvalue weighted by molar-refractivity contribution is 7.93. The smallest absolute Gasteiger partial charge is 0.308 e. The molecule has 1 amide bonds. The van der Waals surface area contributed by atoms with Gasteiger partial charge in [-0.1, -0.05) is 12.1 Å². The number of benzene rings is 2. The van der Waals surface area contributed by atoms with Crippen molar-refractivity contribution in [1.29, 1.82) is 0 Å². The van der Waals surface area contributed by atoms with E-state index in [0.29, 0.717) is 30.1 Å². The SMILES string of the molecule is COc1ccc(N2CCCS2(=O)=O)cc1NC(=O)c1ccccc1OC(C)=O. The van der Waals surface area contributed by atoms with Gasteiger partial charge in [-0.2, -0.15) is 0 Å². The molecular formula is C19H20N2O6S. The van der Waals surface area contributed by atoms with Crippen LogP contribution in [0.3, 0.4) is 0 Å². The number of hydrogen-bond donors (Lipinski definition) is 1. The Kier molecular flexibility index (Phi) is 5.55. The standard InChI is InChI=1S/C19H20N2O6S/c1-13(22)27-17-7-4-3-6-15(17)19(23)20-16-12-14(8-9-18(16)26-2)21-10-5-11-28(21,24)25/h3-4,6-9,12H,5,10-11H2,1-2H3,(H,20,23). The van der Waals surface area contributed by atoms with Gasteiger partial charge in [0.05, 0.1) is 29.8 Å². The second kappa shape index (κ2) is 7.89. The van der Waals surface area contributed by atoms with E-state index in [0.717, 1.165) is 0 Å². The Morgan fingerprint density at radius 1 is 1.11 bits per heavy atom. The van der Waals surface area contributed by atoms with E-state index in [2.05, 4.69) is 5.32 Å². The van der Waals surface area contributed by atoms with Gasteiger partial charge in [0, 0.05) is 13.5 Å². The van der Waals surface area contributed by atoms with E-state index in [-0.39, 0.29) is 17.1 Å². The molecule has 2 aromatic rings. The van der Waals surface area contributed by atoms with Gasteiger partial charge in [0.25, 0.3) is 5.91 Å². The van der Waals surface area contributed by atoms with Gasteiger partial charge in [-0.15, -0.1) is 0 Å². The van der Waals surface area contributed by atoms with E-state index in [1.54, 1.807) is 30.3 Å². The van der Waals surface area contributed by atoms with E-state index >= 15 is 0 Å². The van der Waals surface area contributed by atoms with Gasteiger partial charge in [-0.05, 0) is 36.8 Å². The number of amides is 1. The van der Waals surface area contributed by atoms with Crippen molar-refractivity contribution in [2.45, 2.75) is 13.3 Å². The number of hydrogen-bond acceptors (Lipinski definition) is 6. The van der Waals surface area contributed by atoms with Crippen LogP contribution in [0.1, 0.15) is 23.7 Å². The fourth-order valence-corrected chi connectivity index (χ4v) is 4.52. The van der Waals surface area contributed by atoms with Gasteiger partial charge in [-0.3, -0.25) is 13.9 Å². The van der Waals surface area contributed by atoms with Crippen LogP contribution in [0.5, 0.6) is 11.5 Å². The first-order valence-corrected chi connectivity index (χ1v) is 10.2. The molecule has 0 radical (unpaired) electrons. The number of nitrogens with one attached hydrogen (secondary N) is 1. The third kappa shape index (κ3) is 4.09. The van der Waals surface area contributed by atoms with E-state index < -0.39 is 21.9 Å². The molecule has 0 bridgehead atoms. The number of carbonyl (C=O) groups excluding carboxylic acids is 2. The number of methoxy groups -OCH3 is 1. The monoisotopic (exact) mass is 404 g/mol. The predicted molar refractivity (Wildman–Crippen MR) is 104 cm³/mol. The summed E-state index contributed by atoms with van der Waals surface area (Å²) in [6.45, 7) is 1.63. The molecule has 0 aromatic heterocycles. The number of ether oxygens (including phenoxy) is 2. The first-order chi connectivity index (χ1) is 13.3. The van der Waals surface area contributed by atoms with Crippen molar-refractivity contribution >= 4 is 33.3 Å².